The Morgan fingerprint density at radius 2 is 1.93 bits per heavy atom. The Bertz CT molecular complexity index is 143. The normalized spacial score (nSPS) is 23.4. The highest BCUT2D eigenvalue weighted by molar-refractivity contribution is 7.99. The van der Waals surface area contributed by atoms with Crippen LogP contribution >= 0.6 is 11.8 Å². The van der Waals surface area contributed by atoms with Crippen molar-refractivity contribution < 1.29 is 0 Å². The van der Waals surface area contributed by atoms with Gasteiger partial charge in [-0.15, -0.1) is 0 Å². The summed E-state index contributed by atoms with van der Waals surface area (Å²) in [7, 11) is 0. The first-order chi connectivity index (χ1) is 6.72. The van der Waals surface area contributed by atoms with E-state index in [2.05, 4.69) is 37.8 Å². The summed E-state index contributed by atoms with van der Waals surface area (Å²) in [5.74, 6) is 3.58. The van der Waals surface area contributed by atoms with E-state index in [0.717, 1.165) is 12.0 Å². The molecule has 1 nitrogen and oxygen atoms in total. The fourth-order valence-corrected chi connectivity index (χ4v) is 3.21. The number of nitrogens with one attached hydrogen (secondary N) is 1. The maximum absolute atomic E-state index is 3.77. The highest BCUT2D eigenvalue weighted by atomic mass is 32.2. The topological polar surface area (TPSA) is 12.0 Å². The third-order valence-corrected chi connectivity index (χ3v) is 4.24. The summed E-state index contributed by atoms with van der Waals surface area (Å²) >= 11 is 2.10. The van der Waals surface area contributed by atoms with Crippen LogP contribution in [-0.4, -0.2) is 23.6 Å². The number of thioether (sulfide) groups is 1. The van der Waals surface area contributed by atoms with Gasteiger partial charge in [0, 0.05) is 12.1 Å². The van der Waals surface area contributed by atoms with Gasteiger partial charge in [0.2, 0.25) is 0 Å². The maximum atomic E-state index is 3.77. The van der Waals surface area contributed by atoms with Gasteiger partial charge in [0.25, 0.3) is 0 Å². The minimum atomic E-state index is 0.707. The molecule has 1 aliphatic heterocycles. The van der Waals surface area contributed by atoms with E-state index in [1.54, 1.807) is 0 Å². The van der Waals surface area contributed by atoms with E-state index in [1.165, 1.54) is 37.2 Å². The van der Waals surface area contributed by atoms with Crippen molar-refractivity contribution in [1.82, 2.24) is 5.32 Å². The zero-order chi connectivity index (χ0) is 10.4. The van der Waals surface area contributed by atoms with Gasteiger partial charge in [0.05, 0.1) is 0 Å². The van der Waals surface area contributed by atoms with Gasteiger partial charge in [-0.3, -0.25) is 0 Å². The first-order valence-electron chi connectivity index (χ1n) is 6.06. The van der Waals surface area contributed by atoms with Gasteiger partial charge < -0.3 is 5.32 Å². The third-order valence-electron chi connectivity index (χ3n) is 3.19. The zero-order valence-electron chi connectivity index (χ0n) is 9.88. The minimum Gasteiger partial charge on any atom is -0.311 e. The summed E-state index contributed by atoms with van der Waals surface area (Å²) in [4.78, 5) is 0. The summed E-state index contributed by atoms with van der Waals surface area (Å²) < 4.78 is 0. The highest BCUT2D eigenvalue weighted by Crippen LogP contribution is 2.18. The molecular weight excluding hydrogens is 190 g/mol. The van der Waals surface area contributed by atoms with Gasteiger partial charge in [-0.05, 0) is 43.6 Å². The lowest BCUT2D eigenvalue weighted by atomic mass is 9.99. The van der Waals surface area contributed by atoms with E-state index >= 15 is 0 Å². The van der Waals surface area contributed by atoms with E-state index in [-0.39, 0.29) is 0 Å². The second kappa shape index (κ2) is 6.73. The van der Waals surface area contributed by atoms with Crippen molar-refractivity contribution in [3.63, 3.8) is 0 Å². The van der Waals surface area contributed by atoms with E-state index in [4.69, 9.17) is 0 Å². The van der Waals surface area contributed by atoms with Crippen LogP contribution < -0.4 is 5.32 Å². The predicted molar refractivity (Wildman–Crippen MR) is 67.0 cm³/mol. The maximum Gasteiger partial charge on any atom is 0.00852 e. The SMILES string of the molecule is CCC(C)CC(C)NC1CCSCC1. The van der Waals surface area contributed by atoms with Crippen LogP contribution in [0.1, 0.15) is 46.5 Å². The van der Waals surface area contributed by atoms with Crippen molar-refractivity contribution in [2.24, 2.45) is 5.92 Å². The van der Waals surface area contributed by atoms with Crippen molar-refractivity contribution in [2.45, 2.75) is 58.5 Å². The van der Waals surface area contributed by atoms with Gasteiger partial charge in [-0.2, -0.15) is 11.8 Å². The molecule has 1 fully saturated rings. The van der Waals surface area contributed by atoms with Gasteiger partial charge in [-0.1, -0.05) is 20.3 Å². The zero-order valence-corrected chi connectivity index (χ0v) is 10.7. The summed E-state index contributed by atoms with van der Waals surface area (Å²) in [6.45, 7) is 6.98. The lowest BCUT2D eigenvalue weighted by Gasteiger charge is -2.27. The monoisotopic (exact) mass is 215 g/mol. The molecule has 84 valence electrons. The molecule has 1 aliphatic rings. The Labute approximate surface area is 93.4 Å². The average molecular weight is 215 g/mol. The molecule has 2 heteroatoms. The van der Waals surface area contributed by atoms with Crippen LogP contribution in [0.15, 0.2) is 0 Å². The van der Waals surface area contributed by atoms with Crippen LogP contribution in [0, 0.1) is 5.92 Å². The van der Waals surface area contributed by atoms with Crippen LogP contribution in [0.25, 0.3) is 0 Å². The molecule has 0 aromatic carbocycles. The molecule has 1 saturated heterocycles. The molecule has 14 heavy (non-hydrogen) atoms. The molecule has 0 aliphatic carbocycles. The molecule has 1 heterocycles. The van der Waals surface area contributed by atoms with Gasteiger partial charge in [0.15, 0.2) is 0 Å². The molecule has 1 rings (SSSR count). The van der Waals surface area contributed by atoms with Crippen LogP contribution in [0.3, 0.4) is 0 Å². The van der Waals surface area contributed by atoms with Gasteiger partial charge >= 0.3 is 0 Å². The van der Waals surface area contributed by atoms with Crippen molar-refractivity contribution in [3.05, 3.63) is 0 Å². The standard InChI is InChI=1S/C12H25NS/c1-4-10(2)9-11(3)13-12-5-7-14-8-6-12/h10-13H,4-9H2,1-3H3. The molecular formula is C12H25NS. The molecule has 0 spiro atoms. The quantitative estimate of drug-likeness (QED) is 0.755. The van der Waals surface area contributed by atoms with Gasteiger partial charge in [-0.25, -0.2) is 0 Å². The van der Waals surface area contributed by atoms with Crippen LogP contribution in [-0.2, 0) is 0 Å². The Balaban J connectivity index is 2.14. The summed E-state index contributed by atoms with van der Waals surface area (Å²) in [6, 6.07) is 1.51. The van der Waals surface area contributed by atoms with Crippen molar-refractivity contribution >= 4 is 11.8 Å². The number of hydrogen-bond acceptors (Lipinski definition) is 2. The van der Waals surface area contributed by atoms with E-state index in [0.29, 0.717) is 6.04 Å². The smallest absolute Gasteiger partial charge is 0.00852 e. The average Bonchev–Trinajstić information content (AvgIpc) is 2.19. The summed E-state index contributed by atoms with van der Waals surface area (Å²) in [6.07, 6.45) is 5.39. The highest BCUT2D eigenvalue weighted by Gasteiger charge is 2.16. The Morgan fingerprint density at radius 3 is 2.50 bits per heavy atom. The molecule has 0 bridgehead atoms. The fourth-order valence-electron chi connectivity index (χ4n) is 2.10. The Kier molecular flexibility index (Phi) is 5.95. The summed E-state index contributed by atoms with van der Waals surface area (Å²) in [5, 5.41) is 3.77. The number of hydrogen-bond donors (Lipinski definition) is 1. The van der Waals surface area contributed by atoms with Crippen LogP contribution in [0.5, 0.6) is 0 Å². The van der Waals surface area contributed by atoms with Gasteiger partial charge in [0.1, 0.15) is 0 Å². The minimum absolute atomic E-state index is 0.707. The molecule has 0 saturated carbocycles. The van der Waals surface area contributed by atoms with E-state index < -0.39 is 0 Å². The van der Waals surface area contributed by atoms with Crippen molar-refractivity contribution in [3.8, 4) is 0 Å². The second-order valence-electron chi connectivity index (χ2n) is 4.70. The fraction of sp³-hybridized carbons (Fsp3) is 1.00. The van der Waals surface area contributed by atoms with Crippen molar-refractivity contribution in [2.75, 3.05) is 11.5 Å². The first-order valence-corrected chi connectivity index (χ1v) is 7.21. The lowest BCUT2D eigenvalue weighted by Crippen LogP contribution is -2.39. The molecule has 1 N–H and O–H groups in total. The second-order valence-corrected chi connectivity index (χ2v) is 5.93. The largest absolute Gasteiger partial charge is 0.311 e. The van der Waals surface area contributed by atoms with Crippen LogP contribution in [0.4, 0.5) is 0 Å². The molecule has 2 unspecified atom stereocenters. The molecule has 0 aromatic rings. The predicted octanol–water partition coefficient (Wildman–Crippen LogP) is 3.30. The Hall–Kier alpha value is 0.310. The molecule has 2 atom stereocenters. The van der Waals surface area contributed by atoms with E-state index in [1.807, 2.05) is 0 Å². The molecule has 0 amide bonds. The number of rotatable bonds is 5. The Morgan fingerprint density at radius 1 is 1.29 bits per heavy atom. The summed E-state index contributed by atoms with van der Waals surface area (Å²) in [5.41, 5.74) is 0. The molecule has 0 radical (unpaired) electrons. The van der Waals surface area contributed by atoms with E-state index in [9.17, 15) is 0 Å². The van der Waals surface area contributed by atoms with Crippen molar-refractivity contribution in [1.29, 1.82) is 0 Å². The van der Waals surface area contributed by atoms with Crippen LogP contribution in [0.2, 0.25) is 0 Å². The lowest BCUT2D eigenvalue weighted by molar-refractivity contribution is 0.361. The molecule has 0 aromatic heterocycles. The first kappa shape index (κ1) is 12.4. The third kappa shape index (κ3) is 4.70.